The summed E-state index contributed by atoms with van der Waals surface area (Å²) in [7, 11) is -3.00. The molecule has 1 aromatic carbocycles. The van der Waals surface area contributed by atoms with Crippen LogP contribution in [0.5, 0.6) is 0 Å². The molecule has 1 aliphatic heterocycles. The molecule has 1 saturated heterocycles. The Hall–Kier alpha value is -2.15. The molecule has 1 saturated carbocycles. The van der Waals surface area contributed by atoms with Gasteiger partial charge in [0.1, 0.15) is 0 Å². The number of nitrogens with zero attached hydrogens (tertiary/aromatic N) is 2. The molecule has 2 aromatic rings. The first-order chi connectivity index (χ1) is 13.1. The monoisotopic (exact) mass is 401 g/mol. The van der Waals surface area contributed by atoms with Gasteiger partial charge in [-0.25, -0.2) is 8.42 Å². The quantitative estimate of drug-likeness (QED) is 0.848. The zero-order valence-corrected chi connectivity index (χ0v) is 17.4. The molecule has 1 unspecified atom stereocenters. The average molecular weight is 402 g/mol. The highest BCUT2D eigenvalue weighted by Gasteiger charge is 2.36. The molecule has 1 atom stereocenters. The van der Waals surface area contributed by atoms with E-state index in [-0.39, 0.29) is 28.9 Å². The molecular weight excluding hydrogens is 374 g/mol. The Labute approximate surface area is 166 Å². The third-order valence-corrected chi connectivity index (χ3v) is 7.31. The number of sulfone groups is 1. The molecule has 2 aliphatic rings. The van der Waals surface area contributed by atoms with Crippen molar-refractivity contribution in [3.05, 3.63) is 47.3 Å². The number of benzene rings is 1. The van der Waals surface area contributed by atoms with Crippen LogP contribution in [0.1, 0.15) is 73.7 Å². The molecule has 0 radical (unpaired) electrons. The van der Waals surface area contributed by atoms with E-state index < -0.39 is 9.84 Å². The minimum Gasteiger partial charge on any atom is -0.321 e. The molecule has 150 valence electrons. The molecule has 1 aliphatic carbocycles. The molecule has 28 heavy (non-hydrogen) atoms. The van der Waals surface area contributed by atoms with Gasteiger partial charge in [0.25, 0.3) is 5.91 Å². The van der Waals surface area contributed by atoms with Crippen molar-refractivity contribution in [2.75, 3.05) is 16.8 Å². The molecular formula is C21H27N3O3S. The van der Waals surface area contributed by atoms with Crippen molar-refractivity contribution < 1.29 is 13.2 Å². The predicted molar refractivity (Wildman–Crippen MR) is 110 cm³/mol. The van der Waals surface area contributed by atoms with Gasteiger partial charge < -0.3 is 5.32 Å². The Morgan fingerprint density at radius 3 is 2.36 bits per heavy atom. The molecule has 7 heteroatoms. The normalized spacial score (nSPS) is 21.6. The van der Waals surface area contributed by atoms with Gasteiger partial charge >= 0.3 is 0 Å². The number of nitrogens with one attached hydrogen (secondary N) is 1. The highest BCUT2D eigenvalue weighted by atomic mass is 32.2. The molecule has 4 rings (SSSR count). The summed E-state index contributed by atoms with van der Waals surface area (Å²) in [6.07, 6.45) is 2.71. The number of carbonyl (C=O) groups excluding carboxylic acids is 1. The molecule has 2 fully saturated rings. The number of hydrogen-bond acceptors (Lipinski definition) is 4. The van der Waals surface area contributed by atoms with Gasteiger partial charge in [0.2, 0.25) is 0 Å². The second-order valence-electron chi connectivity index (χ2n) is 9.01. The summed E-state index contributed by atoms with van der Waals surface area (Å²) in [6, 6.07) is 9.53. The zero-order chi connectivity index (χ0) is 20.1. The molecule has 1 aromatic heterocycles. The van der Waals surface area contributed by atoms with Crippen LogP contribution >= 0.6 is 0 Å². The van der Waals surface area contributed by atoms with E-state index in [0.717, 1.165) is 24.2 Å². The highest BCUT2D eigenvalue weighted by Crippen LogP contribution is 2.42. The van der Waals surface area contributed by atoms with Gasteiger partial charge in [-0.05, 0) is 48.4 Å². The number of amides is 1. The van der Waals surface area contributed by atoms with Gasteiger partial charge in [-0.15, -0.1) is 0 Å². The lowest BCUT2D eigenvalue weighted by molar-refractivity contribution is 0.102. The fraction of sp³-hybridized carbons (Fsp3) is 0.524. The maximum atomic E-state index is 12.7. The van der Waals surface area contributed by atoms with E-state index in [2.05, 4.69) is 31.2 Å². The Bertz CT molecular complexity index is 997. The van der Waals surface area contributed by atoms with Crippen molar-refractivity contribution in [1.29, 1.82) is 0 Å². The molecule has 6 nitrogen and oxygen atoms in total. The average Bonchev–Trinajstić information content (AvgIpc) is 3.25. The van der Waals surface area contributed by atoms with E-state index in [0.29, 0.717) is 18.0 Å². The number of anilines is 1. The van der Waals surface area contributed by atoms with Crippen molar-refractivity contribution in [3.8, 4) is 0 Å². The van der Waals surface area contributed by atoms with E-state index >= 15 is 0 Å². The number of aromatic nitrogens is 2. The zero-order valence-electron chi connectivity index (χ0n) is 16.6. The summed E-state index contributed by atoms with van der Waals surface area (Å²) in [5.41, 5.74) is 3.33. The highest BCUT2D eigenvalue weighted by molar-refractivity contribution is 7.91. The number of carbonyl (C=O) groups is 1. The molecule has 0 spiro atoms. The van der Waals surface area contributed by atoms with Gasteiger partial charge in [-0.2, -0.15) is 5.10 Å². The third-order valence-electron chi connectivity index (χ3n) is 5.56. The standard InChI is InChI=1S/C21H27N3O3S/c1-21(2,3)15-6-8-16(9-7-15)22-20(25)18-12-19(14-4-5-14)24(23-18)17-10-11-28(26,27)13-17/h6-9,12,14,17H,4-5,10-11,13H2,1-3H3,(H,22,25). The fourth-order valence-electron chi connectivity index (χ4n) is 3.71. The van der Waals surface area contributed by atoms with E-state index in [9.17, 15) is 13.2 Å². The van der Waals surface area contributed by atoms with Crippen LogP contribution in [0.4, 0.5) is 5.69 Å². The third kappa shape index (κ3) is 3.99. The van der Waals surface area contributed by atoms with Crippen LogP contribution in [0.25, 0.3) is 0 Å². The van der Waals surface area contributed by atoms with Gasteiger partial charge in [0, 0.05) is 17.3 Å². The van der Waals surface area contributed by atoms with E-state index in [1.165, 1.54) is 5.56 Å². The summed E-state index contributed by atoms with van der Waals surface area (Å²) < 4.78 is 25.5. The van der Waals surface area contributed by atoms with Crippen molar-refractivity contribution in [2.24, 2.45) is 0 Å². The number of rotatable bonds is 4. The smallest absolute Gasteiger partial charge is 0.276 e. The predicted octanol–water partition coefficient (Wildman–Crippen LogP) is 3.67. The first kappa shape index (κ1) is 19.2. The minimum atomic E-state index is -3.00. The maximum Gasteiger partial charge on any atom is 0.276 e. The molecule has 1 amide bonds. The van der Waals surface area contributed by atoms with Crippen LogP contribution in [-0.4, -0.2) is 35.6 Å². The fourth-order valence-corrected chi connectivity index (χ4v) is 5.41. The van der Waals surface area contributed by atoms with E-state index in [4.69, 9.17) is 0 Å². The summed E-state index contributed by atoms with van der Waals surface area (Å²) in [4.78, 5) is 12.7. The minimum absolute atomic E-state index is 0.0576. The van der Waals surface area contributed by atoms with Crippen LogP contribution in [0.3, 0.4) is 0 Å². The lowest BCUT2D eigenvalue weighted by Crippen LogP contribution is -2.17. The summed E-state index contributed by atoms with van der Waals surface area (Å²) in [6.45, 7) is 6.45. The van der Waals surface area contributed by atoms with Crippen LogP contribution < -0.4 is 5.32 Å². The summed E-state index contributed by atoms with van der Waals surface area (Å²) in [5.74, 6) is 0.445. The maximum absolute atomic E-state index is 12.7. The first-order valence-electron chi connectivity index (χ1n) is 9.84. The van der Waals surface area contributed by atoms with Gasteiger partial charge in [0.05, 0.1) is 17.5 Å². The van der Waals surface area contributed by atoms with Crippen molar-refractivity contribution >= 4 is 21.4 Å². The van der Waals surface area contributed by atoms with Gasteiger partial charge in [-0.1, -0.05) is 32.9 Å². The Morgan fingerprint density at radius 1 is 1.14 bits per heavy atom. The van der Waals surface area contributed by atoms with Crippen molar-refractivity contribution in [1.82, 2.24) is 9.78 Å². The van der Waals surface area contributed by atoms with Gasteiger partial charge in [-0.3, -0.25) is 9.48 Å². The van der Waals surface area contributed by atoms with E-state index in [1.54, 1.807) is 4.68 Å². The van der Waals surface area contributed by atoms with Crippen LogP contribution in [-0.2, 0) is 15.3 Å². The van der Waals surface area contributed by atoms with Gasteiger partial charge in [0.15, 0.2) is 15.5 Å². The topological polar surface area (TPSA) is 81.1 Å². The summed E-state index contributed by atoms with van der Waals surface area (Å²) >= 11 is 0. The largest absolute Gasteiger partial charge is 0.321 e. The lowest BCUT2D eigenvalue weighted by Gasteiger charge is -2.19. The second-order valence-corrected chi connectivity index (χ2v) is 11.2. The molecule has 2 heterocycles. The summed E-state index contributed by atoms with van der Waals surface area (Å²) in [5, 5.41) is 7.42. The van der Waals surface area contributed by atoms with Crippen LogP contribution in [0.2, 0.25) is 0 Å². The lowest BCUT2D eigenvalue weighted by atomic mass is 9.87. The Balaban J connectivity index is 1.54. The van der Waals surface area contributed by atoms with Crippen molar-refractivity contribution in [3.63, 3.8) is 0 Å². The van der Waals surface area contributed by atoms with E-state index in [1.807, 2.05) is 30.3 Å². The SMILES string of the molecule is CC(C)(C)c1ccc(NC(=O)c2cc(C3CC3)n(C3CCS(=O)(=O)C3)n2)cc1. The first-order valence-corrected chi connectivity index (χ1v) is 11.7. The Kier molecular flexibility index (Phi) is 4.61. The molecule has 1 N–H and O–H groups in total. The van der Waals surface area contributed by atoms with Crippen LogP contribution in [0, 0.1) is 0 Å². The van der Waals surface area contributed by atoms with Crippen LogP contribution in [0.15, 0.2) is 30.3 Å². The molecule has 0 bridgehead atoms. The second kappa shape index (κ2) is 6.72. The Morgan fingerprint density at radius 2 is 1.82 bits per heavy atom. The van der Waals surface area contributed by atoms with Crippen molar-refractivity contribution in [2.45, 2.75) is 57.4 Å². The number of hydrogen-bond donors (Lipinski definition) is 1.